The van der Waals surface area contributed by atoms with E-state index < -0.39 is 5.97 Å². The van der Waals surface area contributed by atoms with E-state index in [-0.39, 0.29) is 17.4 Å². The van der Waals surface area contributed by atoms with Gasteiger partial charge in [0.05, 0.1) is 22.4 Å². The summed E-state index contributed by atoms with van der Waals surface area (Å²) < 4.78 is 4.86. The maximum atomic E-state index is 12.9. The summed E-state index contributed by atoms with van der Waals surface area (Å²) in [6.07, 6.45) is 0. The summed E-state index contributed by atoms with van der Waals surface area (Å²) in [6, 6.07) is 9.18. The van der Waals surface area contributed by atoms with Gasteiger partial charge in [-0.3, -0.25) is 9.59 Å². The summed E-state index contributed by atoms with van der Waals surface area (Å²) >= 11 is 2.34. The first-order chi connectivity index (χ1) is 13.8. The van der Waals surface area contributed by atoms with Crippen molar-refractivity contribution in [1.82, 2.24) is 0 Å². The van der Waals surface area contributed by atoms with E-state index in [1.165, 1.54) is 18.4 Å². The number of hydrogen-bond acceptors (Lipinski definition) is 6. The highest BCUT2D eigenvalue weighted by atomic mass is 32.1. The third-order valence-corrected chi connectivity index (χ3v) is 6.42. The molecule has 0 atom stereocenters. The number of thiophene rings is 2. The summed E-state index contributed by atoms with van der Waals surface area (Å²) in [5.41, 5.74) is 3.38. The highest BCUT2D eigenvalue weighted by Crippen LogP contribution is 2.35. The lowest BCUT2D eigenvalue weighted by atomic mass is 10.1. The second-order valence-corrected chi connectivity index (χ2v) is 8.42. The van der Waals surface area contributed by atoms with Crippen molar-refractivity contribution in [3.63, 3.8) is 0 Å². The van der Waals surface area contributed by atoms with Crippen molar-refractivity contribution < 1.29 is 19.1 Å². The molecule has 2 N–H and O–H groups in total. The molecule has 0 aliphatic heterocycles. The van der Waals surface area contributed by atoms with Crippen LogP contribution in [0.4, 0.5) is 10.7 Å². The molecule has 3 rings (SSSR count). The van der Waals surface area contributed by atoms with E-state index in [4.69, 9.17) is 4.74 Å². The van der Waals surface area contributed by atoms with Gasteiger partial charge in [0.25, 0.3) is 11.8 Å². The zero-order valence-corrected chi connectivity index (χ0v) is 18.0. The predicted molar refractivity (Wildman–Crippen MR) is 117 cm³/mol. The lowest BCUT2D eigenvalue weighted by Crippen LogP contribution is -2.14. The Kier molecular flexibility index (Phi) is 6.14. The lowest BCUT2D eigenvalue weighted by Gasteiger charge is -2.08. The van der Waals surface area contributed by atoms with Gasteiger partial charge in [0, 0.05) is 5.69 Å². The molecule has 0 bridgehead atoms. The van der Waals surface area contributed by atoms with Crippen molar-refractivity contribution in [1.29, 1.82) is 0 Å². The minimum absolute atomic E-state index is 0.188. The molecule has 29 heavy (non-hydrogen) atoms. The van der Waals surface area contributed by atoms with Crippen molar-refractivity contribution in [3.8, 4) is 0 Å². The molecule has 1 aromatic carbocycles. The SMILES string of the molecule is COC(=O)c1c(NC(=O)c2cccs2)sc(C(=O)Nc2ccc(C)cc2C)c1C. The van der Waals surface area contributed by atoms with E-state index in [1.54, 1.807) is 24.4 Å². The van der Waals surface area contributed by atoms with Crippen molar-refractivity contribution in [3.05, 3.63) is 67.7 Å². The van der Waals surface area contributed by atoms with Crippen LogP contribution < -0.4 is 10.6 Å². The fraction of sp³-hybridized carbons (Fsp3) is 0.190. The largest absolute Gasteiger partial charge is 0.465 e. The first kappa shape index (κ1) is 20.8. The van der Waals surface area contributed by atoms with Crippen molar-refractivity contribution in [2.24, 2.45) is 0 Å². The van der Waals surface area contributed by atoms with E-state index in [9.17, 15) is 14.4 Å². The molecule has 0 aliphatic rings. The highest BCUT2D eigenvalue weighted by Gasteiger charge is 2.27. The molecule has 3 aromatic rings. The number of benzene rings is 1. The van der Waals surface area contributed by atoms with Crippen LogP contribution in [0.1, 0.15) is 46.4 Å². The fourth-order valence-corrected chi connectivity index (χ4v) is 4.58. The number of methoxy groups -OCH3 is 1. The Labute approximate surface area is 176 Å². The van der Waals surface area contributed by atoms with E-state index in [0.29, 0.717) is 26.0 Å². The molecule has 6 nitrogen and oxygen atoms in total. The monoisotopic (exact) mass is 428 g/mol. The Bertz CT molecular complexity index is 1080. The number of rotatable bonds is 5. The van der Waals surface area contributed by atoms with Crippen molar-refractivity contribution in [2.75, 3.05) is 17.7 Å². The number of hydrogen-bond donors (Lipinski definition) is 2. The van der Waals surface area contributed by atoms with Crippen LogP contribution in [0.15, 0.2) is 35.7 Å². The number of aryl methyl sites for hydroxylation is 2. The Balaban J connectivity index is 1.94. The van der Waals surface area contributed by atoms with Gasteiger partial charge >= 0.3 is 5.97 Å². The first-order valence-electron chi connectivity index (χ1n) is 8.77. The standard InChI is InChI=1S/C21H20N2O4S2/c1-11-7-8-14(12(2)10-11)22-19(25)17-13(3)16(21(26)27-4)20(29-17)23-18(24)15-6-5-9-28-15/h5-10H,1-4H3,(H,22,25)(H,23,24). The van der Waals surface area contributed by atoms with Gasteiger partial charge in [-0.2, -0.15) is 0 Å². The molecule has 0 unspecified atom stereocenters. The Morgan fingerprint density at radius 1 is 1.00 bits per heavy atom. The molecule has 0 aliphatic carbocycles. The van der Waals surface area contributed by atoms with Crippen LogP contribution in [-0.4, -0.2) is 24.9 Å². The number of anilines is 2. The Morgan fingerprint density at radius 3 is 2.38 bits per heavy atom. The minimum Gasteiger partial charge on any atom is -0.465 e. The maximum absolute atomic E-state index is 12.9. The first-order valence-corrected chi connectivity index (χ1v) is 10.5. The van der Waals surface area contributed by atoms with E-state index in [0.717, 1.165) is 22.5 Å². The van der Waals surface area contributed by atoms with Gasteiger partial charge in [-0.15, -0.1) is 22.7 Å². The third kappa shape index (κ3) is 4.38. The third-order valence-electron chi connectivity index (χ3n) is 4.34. The molecule has 150 valence electrons. The Hall–Kier alpha value is -2.97. The zero-order valence-electron chi connectivity index (χ0n) is 16.4. The van der Waals surface area contributed by atoms with E-state index in [2.05, 4.69) is 10.6 Å². The fourth-order valence-electron chi connectivity index (χ4n) is 2.87. The molecule has 0 fully saturated rings. The van der Waals surface area contributed by atoms with E-state index in [1.807, 2.05) is 32.0 Å². The van der Waals surface area contributed by atoms with Gasteiger partial charge in [-0.1, -0.05) is 23.8 Å². The molecule has 2 heterocycles. The lowest BCUT2D eigenvalue weighted by molar-refractivity contribution is 0.0601. The second-order valence-electron chi connectivity index (χ2n) is 6.46. The molecule has 0 saturated carbocycles. The molecule has 0 saturated heterocycles. The number of amides is 2. The van der Waals surface area contributed by atoms with Crippen LogP contribution in [0.25, 0.3) is 0 Å². The van der Waals surface area contributed by atoms with Crippen molar-refractivity contribution >= 4 is 51.1 Å². The zero-order chi connectivity index (χ0) is 21.1. The predicted octanol–water partition coefficient (Wildman–Crippen LogP) is 5.03. The van der Waals surface area contributed by atoms with Crippen LogP contribution in [-0.2, 0) is 4.74 Å². The average Bonchev–Trinajstić information content (AvgIpc) is 3.32. The smallest absolute Gasteiger partial charge is 0.341 e. The van der Waals surface area contributed by atoms with Gasteiger partial charge in [-0.05, 0) is 49.4 Å². The number of carbonyl (C=O) groups excluding carboxylic acids is 3. The van der Waals surface area contributed by atoms with Gasteiger partial charge in [-0.25, -0.2) is 4.79 Å². The summed E-state index contributed by atoms with van der Waals surface area (Å²) in [5, 5.41) is 7.70. The second kappa shape index (κ2) is 8.59. The molecule has 0 spiro atoms. The van der Waals surface area contributed by atoms with E-state index >= 15 is 0 Å². The Morgan fingerprint density at radius 2 is 1.76 bits per heavy atom. The van der Waals surface area contributed by atoms with Gasteiger partial charge in [0.2, 0.25) is 0 Å². The molecular weight excluding hydrogens is 408 g/mol. The number of esters is 1. The van der Waals surface area contributed by atoms with Gasteiger partial charge in [0.1, 0.15) is 5.00 Å². The number of carbonyl (C=O) groups is 3. The van der Waals surface area contributed by atoms with Crippen LogP contribution in [0.5, 0.6) is 0 Å². The van der Waals surface area contributed by atoms with Crippen LogP contribution in [0.2, 0.25) is 0 Å². The molecule has 2 aromatic heterocycles. The number of ether oxygens (including phenoxy) is 1. The maximum Gasteiger partial charge on any atom is 0.341 e. The summed E-state index contributed by atoms with van der Waals surface area (Å²) in [4.78, 5) is 38.5. The highest BCUT2D eigenvalue weighted by molar-refractivity contribution is 7.19. The van der Waals surface area contributed by atoms with Gasteiger partial charge < -0.3 is 15.4 Å². The topological polar surface area (TPSA) is 84.5 Å². The molecule has 0 radical (unpaired) electrons. The van der Waals surface area contributed by atoms with Crippen LogP contribution in [0, 0.1) is 20.8 Å². The summed E-state index contributed by atoms with van der Waals surface area (Å²) in [5.74, 6) is -1.29. The van der Waals surface area contributed by atoms with Crippen LogP contribution in [0.3, 0.4) is 0 Å². The number of nitrogens with one attached hydrogen (secondary N) is 2. The normalized spacial score (nSPS) is 10.5. The van der Waals surface area contributed by atoms with Crippen LogP contribution >= 0.6 is 22.7 Å². The average molecular weight is 429 g/mol. The molecular formula is C21H20N2O4S2. The summed E-state index contributed by atoms with van der Waals surface area (Å²) in [7, 11) is 1.26. The molecule has 8 heteroatoms. The minimum atomic E-state index is -0.606. The van der Waals surface area contributed by atoms with Crippen molar-refractivity contribution in [2.45, 2.75) is 20.8 Å². The van der Waals surface area contributed by atoms with Gasteiger partial charge in [0.15, 0.2) is 0 Å². The molecule has 2 amide bonds. The summed E-state index contributed by atoms with van der Waals surface area (Å²) in [6.45, 7) is 5.56. The quantitative estimate of drug-likeness (QED) is 0.559.